The molecule has 1 N–H and O–H groups in total. The molecule has 3 aromatic rings. The van der Waals surface area contributed by atoms with Gasteiger partial charge >= 0.3 is 0 Å². The molecule has 2 aromatic carbocycles. The largest absolute Gasteiger partial charge is 0.322 e. The van der Waals surface area contributed by atoms with Crippen LogP contribution in [0.4, 0.5) is 5.69 Å². The van der Waals surface area contributed by atoms with E-state index in [1.54, 1.807) is 6.08 Å². The van der Waals surface area contributed by atoms with E-state index in [0.717, 1.165) is 15.3 Å². The van der Waals surface area contributed by atoms with E-state index in [1.807, 2.05) is 72.1 Å². The lowest BCUT2D eigenvalue weighted by atomic mass is 10.2. The molecule has 5 heteroatoms. The molecule has 26 heavy (non-hydrogen) atoms. The predicted molar refractivity (Wildman–Crippen MR) is 110 cm³/mol. The van der Waals surface area contributed by atoms with Gasteiger partial charge in [0.05, 0.1) is 10.6 Å². The molecule has 0 fully saturated rings. The van der Waals surface area contributed by atoms with E-state index in [-0.39, 0.29) is 11.7 Å². The fraction of sp³-hybridized carbons (Fsp3) is 0.0476. The smallest absolute Gasteiger partial charge is 0.248 e. The first-order valence-corrected chi connectivity index (χ1v) is 9.91. The number of benzene rings is 2. The Labute approximate surface area is 160 Å². The van der Waals surface area contributed by atoms with Gasteiger partial charge in [-0.15, -0.1) is 23.1 Å². The number of anilines is 1. The van der Waals surface area contributed by atoms with Crippen LogP contribution in [-0.2, 0) is 4.79 Å². The minimum absolute atomic E-state index is 0.116. The normalized spacial score (nSPS) is 10.8. The Morgan fingerprint density at radius 1 is 1.00 bits per heavy atom. The van der Waals surface area contributed by atoms with E-state index < -0.39 is 0 Å². The molecular formula is C21H17NO2S2. The number of Topliss-reactive ketones (excluding diaryl/α,β-unsaturated/α-hetero) is 1. The summed E-state index contributed by atoms with van der Waals surface area (Å²) in [5.41, 5.74) is 1.68. The molecule has 0 saturated carbocycles. The number of carbonyl (C=O) groups excluding carboxylic acids is 2. The predicted octanol–water partition coefficient (Wildman–Crippen LogP) is 5.38. The summed E-state index contributed by atoms with van der Waals surface area (Å²) in [4.78, 5) is 25.8. The first-order chi connectivity index (χ1) is 12.7. The Morgan fingerprint density at radius 3 is 2.62 bits per heavy atom. The van der Waals surface area contributed by atoms with Crippen molar-refractivity contribution in [2.45, 2.75) is 4.90 Å². The molecule has 3 rings (SSSR count). The maximum Gasteiger partial charge on any atom is 0.248 e. The topological polar surface area (TPSA) is 46.2 Å². The quantitative estimate of drug-likeness (QED) is 0.341. The first-order valence-electron chi connectivity index (χ1n) is 8.04. The summed E-state index contributed by atoms with van der Waals surface area (Å²) >= 11 is 2.92. The first kappa shape index (κ1) is 18.2. The van der Waals surface area contributed by atoms with Crippen LogP contribution in [0.5, 0.6) is 0 Å². The zero-order chi connectivity index (χ0) is 18.2. The van der Waals surface area contributed by atoms with Crippen LogP contribution in [0.15, 0.2) is 83.1 Å². The second-order valence-electron chi connectivity index (χ2n) is 5.45. The van der Waals surface area contributed by atoms with Crippen molar-refractivity contribution in [1.82, 2.24) is 0 Å². The van der Waals surface area contributed by atoms with E-state index in [1.165, 1.54) is 29.2 Å². The van der Waals surface area contributed by atoms with Crippen LogP contribution in [0.25, 0.3) is 6.08 Å². The van der Waals surface area contributed by atoms with E-state index in [0.29, 0.717) is 11.4 Å². The third-order valence-electron chi connectivity index (χ3n) is 3.49. The van der Waals surface area contributed by atoms with Gasteiger partial charge in [-0.2, -0.15) is 0 Å². The molecule has 0 saturated heterocycles. The fourth-order valence-electron chi connectivity index (χ4n) is 2.24. The molecule has 0 radical (unpaired) electrons. The molecule has 0 spiro atoms. The zero-order valence-electron chi connectivity index (χ0n) is 13.9. The Bertz CT molecular complexity index is 903. The van der Waals surface area contributed by atoms with Crippen molar-refractivity contribution in [3.63, 3.8) is 0 Å². The molecule has 130 valence electrons. The lowest BCUT2D eigenvalue weighted by molar-refractivity contribution is -0.111. The molecule has 0 unspecified atom stereocenters. The number of thioether (sulfide) groups is 1. The Morgan fingerprint density at radius 2 is 1.85 bits per heavy atom. The highest BCUT2D eigenvalue weighted by atomic mass is 32.2. The van der Waals surface area contributed by atoms with Crippen LogP contribution in [-0.4, -0.2) is 17.4 Å². The summed E-state index contributed by atoms with van der Waals surface area (Å²) in [6, 6.07) is 20.9. The SMILES string of the molecule is O=C(/C=C/c1ccccc1)Nc1cccc(SCC(=O)c2cccs2)c1. The summed E-state index contributed by atoms with van der Waals surface area (Å²) < 4.78 is 0. The molecule has 1 aromatic heterocycles. The maximum atomic E-state index is 12.1. The van der Waals surface area contributed by atoms with Crippen molar-refractivity contribution >= 4 is 46.6 Å². The number of amides is 1. The Hall–Kier alpha value is -2.63. The van der Waals surface area contributed by atoms with Crippen LogP contribution in [0.2, 0.25) is 0 Å². The number of thiophene rings is 1. The van der Waals surface area contributed by atoms with Crippen molar-refractivity contribution in [2.75, 3.05) is 11.1 Å². The Kier molecular flexibility index (Phi) is 6.41. The number of hydrogen-bond donors (Lipinski definition) is 1. The van der Waals surface area contributed by atoms with Crippen LogP contribution in [0.1, 0.15) is 15.2 Å². The van der Waals surface area contributed by atoms with E-state index in [9.17, 15) is 9.59 Å². The number of ketones is 1. The fourth-order valence-corrected chi connectivity index (χ4v) is 3.84. The van der Waals surface area contributed by atoms with Gasteiger partial charge < -0.3 is 5.32 Å². The summed E-state index contributed by atoms with van der Waals surface area (Å²) in [6.45, 7) is 0. The number of carbonyl (C=O) groups is 2. The summed E-state index contributed by atoms with van der Waals surface area (Å²) in [6.07, 6.45) is 3.28. The van der Waals surface area contributed by atoms with E-state index in [2.05, 4.69) is 5.32 Å². The van der Waals surface area contributed by atoms with Crippen LogP contribution < -0.4 is 5.32 Å². The van der Waals surface area contributed by atoms with Gasteiger partial charge in [0.1, 0.15) is 0 Å². The molecule has 0 bridgehead atoms. The number of hydrogen-bond acceptors (Lipinski definition) is 4. The van der Waals surface area contributed by atoms with E-state index >= 15 is 0 Å². The van der Waals surface area contributed by atoms with Crippen LogP contribution in [0, 0.1) is 0 Å². The monoisotopic (exact) mass is 379 g/mol. The standard InChI is InChI=1S/C21H17NO2S2/c23-19(20-10-5-13-25-20)15-26-18-9-4-8-17(14-18)22-21(24)12-11-16-6-2-1-3-7-16/h1-14H,15H2,(H,22,24)/b12-11+. The van der Waals surface area contributed by atoms with Gasteiger partial charge in [-0.1, -0.05) is 42.5 Å². The summed E-state index contributed by atoms with van der Waals surface area (Å²) in [5.74, 6) is 0.308. The second-order valence-corrected chi connectivity index (χ2v) is 7.45. The molecule has 0 aliphatic rings. The average molecular weight is 380 g/mol. The van der Waals surface area contributed by atoms with Crippen molar-refractivity contribution < 1.29 is 9.59 Å². The maximum absolute atomic E-state index is 12.1. The van der Waals surface area contributed by atoms with Crippen molar-refractivity contribution in [3.05, 3.63) is 88.6 Å². The molecule has 1 heterocycles. The van der Waals surface area contributed by atoms with Gasteiger partial charge in [0.2, 0.25) is 5.91 Å². The highest BCUT2D eigenvalue weighted by molar-refractivity contribution is 8.00. The lowest BCUT2D eigenvalue weighted by Crippen LogP contribution is -2.07. The minimum atomic E-state index is -0.189. The lowest BCUT2D eigenvalue weighted by Gasteiger charge is -2.05. The van der Waals surface area contributed by atoms with Gasteiger partial charge in [-0.05, 0) is 41.3 Å². The van der Waals surface area contributed by atoms with Crippen LogP contribution >= 0.6 is 23.1 Å². The highest BCUT2D eigenvalue weighted by Gasteiger charge is 2.08. The Balaban J connectivity index is 1.56. The van der Waals surface area contributed by atoms with Gasteiger partial charge in [-0.3, -0.25) is 9.59 Å². The number of nitrogens with one attached hydrogen (secondary N) is 1. The van der Waals surface area contributed by atoms with Gasteiger partial charge in [0, 0.05) is 16.7 Å². The third-order valence-corrected chi connectivity index (χ3v) is 5.40. The van der Waals surface area contributed by atoms with Crippen LogP contribution in [0.3, 0.4) is 0 Å². The summed E-state index contributed by atoms with van der Waals surface area (Å²) in [7, 11) is 0. The molecule has 0 aliphatic heterocycles. The van der Waals surface area contributed by atoms with Crippen molar-refractivity contribution in [3.8, 4) is 0 Å². The molecule has 0 aliphatic carbocycles. The second kappa shape index (κ2) is 9.17. The molecule has 3 nitrogen and oxygen atoms in total. The van der Waals surface area contributed by atoms with E-state index in [4.69, 9.17) is 0 Å². The minimum Gasteiger partial charge on any atom is -0.322 e. The average Bonchev–Trinajstić information content (AvgIpc) is 3.20. The van der Waals surface area contributed by atoms with Gasteiger partial charge in [0.25, 0.3) is 0 Å². The van der Waals surface area contributed by atoms with Crippen molar-refractivity contribution in [2.24, 2.45) is 0 Å². The highest BCUT2D eigenvalue weighted by Crippen LogP contribution is 2.23. The van der Waals surface area contributed by atoms with Gasteiger partial charge in [0.15, 0.2) is 5.78 Å². The van der Waals surface area contributed by atoms with Gasteiger partial charge in [-0.25, -0.2) is 0 Å². The summed E-state index contributed by atoms with van der Waals surface area (Å²) in [5, 5.41) is 4.75. The molecule has 1 amide bonds. The zero-order valence-corrected chi connectivity index (χ0v) is 15.6. The number of rotatable bonds is 7. The van der Waals surface area contributed by atoms with Crippen molar-refractivity contribution in [1.29, 1.82) is 0 Å². The molecular weight excluding hydrogens is 362 g/mol. The molecule has 0 atom stereocenters. The third kappa shape index (κ3) is 5.44.